The van der Waals surface area contributed by atoms with E-state index in [1.165, 1.54) is 0 Å². The maximum absolute atomic E-state index is 13.0. The van der Waals surface area contributed by atoms with E-state index in [-0.39, 0.29) is 5.91 Å². The van der Waals surface area contributed by atoms with Crippen LogP contribution in [0.25, 0.3) is 11.0 Å². The molecule has 1 saturated heterocycles. The van der Waals surface area contributed by atoms with Gasteiger partial charge in [-0.25, -0.2) is 9.67 Å². The molecule has 8 heteroatoms. The van der Waals surface area contributed by atoms with E-state index in [1.807, 2.05) is 42.9 Å². The van der Waals surface area contributed by atoms with Gasteiger partial charge in [-0.1, -0.05) is 12.1 Å². The number of hydrogen-bond acceptors (Lipinski definition) is 6. The fourth-order valence-corrected chi connectivity index (χ4v) is 4.10. The zero-order valence-electron chi connectivity index (χ0n) is 19.0. The van der Waals surface area contributed by atoms with E-state index in [9.17, 15) is 4.79 Å². The summed E-state index contributed by atoms with van der Waals surface area (Å²) in [6.45, 7) is 9.05. The Kier molecular flexibility index (Phi) is 6.90. The molecule has 0 atom stereocenters. The highest BCUT2D eigenvalue weighted by Crippen LogP contribution is 2.30. The van der Waals surface area contributed by atoms with Crippen molar-refractivity contribution < 1.29 is 14.3 Å². The van der Waals surface area contributed by atoms with Crippen LogP contribution in [0.2, 0.25) is 0 Å². The van der Waals surface area contributed by atoms with Gasteiger partial charge in [-0.15, -0.1) is 0 Å². The Morgan fingerprint density at radius 1 is 1.25 bits per heavy atom. The molecule has 170 valence electrons. The van der Waals surface area contributed by atoms with Gasteiger partial charge >= 0.3 is 0 Å². The molecule has 8 nitrogen and oxygen atoms in total. The number of ether oxygens (including phenoxy) is 2. The Morgan fingerprint density at radius 3 is 2.78 bits per heavy atom. The smallest absolute Gasteiger partial charge is 0.255 e. The first-order valence-electron chi connectivity index (χ1n) is 11.3. The van der Waals surface area contributed by atoms with Crippen LogP contribution in [-0.4, -0.2) is 46.5 Å². The summed E-state index contributed by atoms with van der Waals surface area (Å²) in [6.07, 6.45) is 3.75. The van der Waals surface area contributed by atoms with E-state index in [2.05, 4.69) is 22.7 Å². The Morgan fingerprint density at radius 2 is 2.03 bits per heavy atom. The number of nitrogens with zero attached hydrogens (tertiary/aromatic N) is 3. The lowest BCUT2D eigenvalue weighted by Crippen LogP contribution is -2.30. The van der Waals surface area contributed by atoms with Crippen LogP contribution in [0, 0.1) is 6.92 Å². The van der Waals surface area contributed by atoms with Crippen molar-refractivity contribution in [2.75, 3.05) is 25.1 Å². The largest absolute Gasteiger partial charge is 0.493 e. The van der Waals surface area contributed by atoms with Gasteiger partial charge in [0.05, 0.1) is 29.4 Å². The Balaban J connectivity index is 1.64. The molecule has 1 fully saturated rings. The monoisotopic (exact) mass is 437 g/mol. The first-order valence-corrected chi connectivity index (χ1v) is 11.3. The van der Waals surface area contributed by atoms with Crippen molar-refractivity contribution >= 4 is 22.6 Å². The molecule has 0 bridgehead atoms. The van der Waals surface area contributed by atoms with Gasteiger partial charge in [0, 0.05) is 43.6 Å². The third kappa shape index (κ3) is 4.55. The van der Waals surface area contributed by atoms with Crippen molar-refractivity contribution in [3.63, 3.8) is 0 Å². The van der Waals surface area contributed by atoms with Crippen LogP contribution in [0.15, 0.2) is 30.5 Å². The molecule has 3 heterocycles. The Hall–Kier alpha value is -3.13. The van der Waals surface area contributed by atoms with Crippen molar-refractivity contribution in [1.29, 1.82) is 0 Å². The van der Waals surface area contributed by atoms with Gasteiger partial charge in [0.1, 0.15) is 5.75 Å². The fraction of sp³-hybridized carbons (Fsp3) is 0.458. The van der Waals surface area contributed by atoms with Crippen molar-refractivity contribution in [2.24, 2.45) is 0 Å². The molecule has 4 rings (SSSR count). The summed E-state index contributed by atoms with van der Waals surface area (Å²) in [6, 6.07) is 7.61. The number of benzene rings is 1. The lowest BCUT2D eigenvalue weighted by atomic mass is 10.0. The summed E-state index contributed by atoms with van der Waals surface area (Å²) in [5.41, 5.74) is 4.23. The van der Waals surface area contributed by atoms with Crippen LogP contribution in [0.4, 0.5) is 5.69 Å². The summed E-state index contributed by atoms with van der Waals surface area (Å²) >= 11 is 0. The average Bonchev–Trinajstić information content (AvgIpc) is 3.22. The third-order valence-corrected chi connectivity index (χ3v) is 5.82. The zero-order valence-corrected chi connectivity index (χ0v) is 19.0. The van der Waals surface area contributed by atoms with E-state index >= 15 is 0 Å². The van der Waals surface area contributed by atoms with Gasteiger partial charge in [-0.05, 0) is 45.7 Å². The predicted molar refractivity (Wildman–Crippen MR) is 124 cm³/mol. The zero-order chi connectivity index (χ0) is 22.5. The number of amides is 1. The molecular formula is C24H31N5O3. The minimum atomic E-state index is -0.171. The van der Waals surface area contributed by atoms with Crippen molar-refractivity contribution in [2.45, 2.75) is 52.7 Å². The molecule has 0 saturated carbocycles. The summed E-state index contributed by atoms with van der Waals surface area (Å²) in [5, 5.41) is 12.3. The highest BCUT2D eigenvalue weighted by atomic mass is 16.5. The molecule has 1 aromatic carbocycles. The average molecular weight is 438 g/mol. The maximum Gasteiger partial charge on any atom is 0.255 e. The summed E-state index contributed by atoms with van der Waals surface area (Å²) in [4.78, 5) is 17.8. The first kappa shape index (κ1) is 22.1. The van der Waals surface area contributed by atoms with Crippen LogP contribution in [-0.2, 0) is 17.8 Å². The molecule has 0 spiro atoms. The summed E-state index contributed by atoms with van der Waals surface area (Å²) in [7, 11) is 0. The van der Waals surface area contributed by atoms with Crippen molar-refractivity contribution in [3.05, 3.63) is 47.3 Å². The van der Waals surface area contributed by atoms with Crippen LogP contribution in [0.1, 0.15) is 48.3 Å². The first-order chi connectivity index (χ1) is 15.6. The number of hydrogen-bond donors (Lipinski definition) is 2. The molecule has 3 aromatic rings. The standard InChI is InChI=1S/C24H31N5O3/c1-4-29-23-20(15-26-29)22(28-17-10-12-31-13-11-17)19(16(3)27-23)14-25-24(30)18-8-6-7-9-21(18)32-5-2/h6-9,15,17H,4-5,10-14H2,1-3H3,(H,25,30)(H,27,28). The fourth-order valence-electron chi connectivity index (χ4n) is 4.10. The number of nitrogens with one attached hydrogen (secondary N) is 2. The molecule has 1 amide bonds. The Labute approximate surface area is 188 Å². The van der Waals surface area contributed by atoms with Crippen LogP contribution in [0.3, 0.4) is 0 Å². The number of anilines is 1. The number of fused-ring (bicyclic) bond motifs is 1. The van der Waals surface area contributed by atoms with E-state index < -0.39 is 0 Å². The van der Waals surface area contributed by atoms with Gasteiger partial charge in [0.2, 0.25) is 0 Å². The predicted octanol–water partition coefficient (Wildman–Crippen LogP) is 3.68. The van der Waals surface area contributed by atoms with E-state index in [0.717, 1.165) is 60.6 Å². The molecule has 0 aliphatic carbocycles. The van der Waals surface area contributed by atoms with Crippen LogP contribution in [0.5, 0.6) is 5.75 Å². The summed E-state index contributed by atoms with van der Waals surface area (Å²) in [5.74, 6) is 0.414. The normalized spacial score (nSPS) is 14.5. The third-order valence-electron chi connectivity index (χ3n) is 5.82. The maximum atomic E-state index is 13.0. The molecule has 2 N–H and O–H groups in total. The molecular weight excluding hydrogens is 406 g/mol. The van der Waals surface area contributed by atoms with E-state index in [1.54, 1.807) is 6.07 Å². The molecule has 1 aliphatic heterocycles. The molecule has 2 aromatic heterocycles. The quantitative estimate of drug-likeness (QED) is 0.559. The Bertz CT molecular complexity index is 1090. The highest BCUT2D eigenvalue weighted by molar-refractivity contribution is 5.97. The number of para-hydroxylation sites is 1. The lowest BCUT2D eigenvalue weighted by Gasteiger charge is -2.26. The number of aryl methyl sites for hydroxylation is 2. The second kappa shape index (κ2) is 9.99. The number of carbonyl (C=O) groups is 1. The van der Waals surface area contributed by atoms with Gasteiger partial charge < -0.3 is 20.1 Å². The molecule has 1 aliphatic rings. The SMILES string of the molecule is CCOc1ccccc1C(=O)NCc1c(C)nc2c(cnn2CC)c1NC1CCOCC1. The topological polar surface area (TPSA) is 90.3 Å². The van der Waals surface area contributed by atoms with Gasteiger partial charge in [0.25, 0.3) is 5.91 Å². The van der Waals surface area contributed by atoms with Gasteiger partial charge in [-0.2, -0.15) is 5.10 Å². The van der Waals surface area contributed by atoms with Gasteiger partial charge in [-0.3, -0.25) is 4.79 Å². The van der Waals surface area contributed by atoms with E-state index in [0.29, 0.717) is 30.5 Å². The number of carbonyl (C=O) groups excluding carboxylic acids is 1. The minimum Gasteiger partial charge on any atom is -0.493 e. The van der Waals surface area contributed by atoms with Crippen LogP contribution >= 0.6 is 0 Å². The number of pyridine rings is 1. The highest BCUT2D eigenvalue weighted by Gasteiger charge is 2.21. The lowest BCUT2D eigenvalue weighted by molar-refractivity contribution is 0.0904. The van der Waals surface area contributed by atoms with Gasteiger partial charge in [0.15, 0.2) is 5.65 Å². The second-order valence-corrected chi connectivity index (χ2v) is 7.89. The van der Waals surface area contributed by atoms with Crippen molar-refractivity contribution in [3.8, 4) is 5.75 Å². The molecule has 32 heavy (non-hydrogen) atoms. The van der Waals surface area contributed by atoms with E-state index in [4.69, 9.17) is 14.5 Å². The number of rotatable bonds is 8. The van der Waals surface area contributed by atoms with Crippen molar-refractivity contribution in [1.82, 2.24) is 20.1 Å². The second-order valence-electron chi connectivity index (χ2n) is 7.89. The minimum absolute atomic E-state index is 0.171. The number of aromatic nitrogens is 3. The molecule has 0 radical (unpaired) electrons. The van der Waals surface area contributed by atoms with Crippen LogP contribution < -0.4 is 15.4 Å². The molecule has 0 unspecified atom stereocenters. The summed E-state index contributed by atoms with van der Waals surface area (Å²) < 4.78 is 13.0.